The molecule has 0 fully saturated rings. The van der Waals surface area contributed by atoms with Crippen LogP contribution in [0.2, 0.25) is 0 Å². The Balaban J connectivity index is 1.58. The van der Waals surface area contributed by atoms with Gasteiger partial charge in [0.1, 0.15) is 22.6 Å². The van der Waals surface area contributed by atoms with Crippen LogP contribution in [-0.2, 0) is 0 Å². The molecule has 3 aromatic carbocycles. The summed E-state index contributed by atoms with van der Waals surface area (Å²) in [6.07, 6.45) is 1.99. The second-order valence-corrected chi connectivity index (χ2v) is 7.71. The lowest BCUT2D eigenvalue weighted by atomic mass is 10.1. The minimum absolute atomic E-state index is 0.659. The first-order chi connectivity index (χ1) is 16.3. The quantitative estimate of drug-likeness (QED) is 0.393. The molecule has 0 saturated heterocycles. The van der Waals surface area contributed by atoms with E-state index in [4.69, 9.17) is 5.10 Å². The van der Waals surface area contributed by atoms with Crippen molar-refractivity contribution in [3.8, 4) is 34.0 Å². The smallest absolute Gasteiger partial charge is 0.137 e. The number of nitrogens with zero attached hydrogens (tertiary/aromatic N) is 7. The summed E-state index contributed by atoms with van der Waals surface area (Å²) in [6.45, 7) is 1.99. The first-order valence-corrected chi connectivity index (χ1v) is 10.6. The third kappa shape index (κ3) is 3.27. The molecule has 3 aromatic heterocycles. The third-order valence-electron chi connectivity index (χ3n) is 5.63. The van der Waals surface area contributed by atoms with E-state index in [0.717, 1.165) is 39.2 Å². The van der Waals surface area contributed by atoms with Crippen molar-refractivity contribution in [3.63, 3.8) is 0 Å². The second-order valence-electron chi connectivity index (χ2n) is 7.71. The molecule has 6 rings (SSSR count). The fourth-order valence-electron chi connectivity index (χ4n) is 3.96. The van der Waals surface area contributed by atoms with Crippen molar-refractivity contribution >= 4 is 10.9 Å². The van der Waals surface area contributed by atoms with E-state index >= 15 is 0 Å². The monoisotopic (exact) mass is 429 g/mol. The molecule has 0 radical (unpaired) electrons. The van der Waals surface area contributed by atoms with Crippen molar-refractivity contribution in [2.75, 3.05) is 0 Å². The van der Waals surface area contributed by atoms with Crippen molar-refractivity contribution in [1.82, 2.24) is 35.0 Å². The molecule has 0 N–H and O–H groups in total. The molecule has 0 unspecified atom stereocenters. The Bertz CT molecular complexity index is 1550. The third-order valence-corrected chi connectivity index (χ3v) is 5.63. The second kappa shape index (κ2) is 7.80. The van der Waals surface area contributed by atoms with Crippen LogP contribution < -0.4 is 0 Å². The van der Waals surface area contributed by atoms with Gasteiger partial charge in [-0.05, 0) is 31.2 Å². The largest absolute Gasteiger partial charge is 0.240 e. The number of benzene rings is 3. The molecular weight excluding hydrogens is 410 g/mol. The van der Waals surface area contributed by atoms with E-state index < -0.39 is 0 Å². The molecule has 6 aromatic rings. The van der Waals surface area contributed by atoms with Gasteiger partial charge in [0, 0.05) is 11.8 Å². The van der Waals surface area contributed by atoms with Crippen LogP contribution in [0.5, 0.6) is 0 Å². The molecule has 0 aliphatic rings. The molecule has 0 spiro atoms. The first kappa shape index (κ1) is 19.1. The maximum absolute atomic E-state index is 4.90. The predicted octanol–water partition coefficient (Wildman–Crippen LogP) is 5.04. The summed E-state index contributed by atoms with van der Waals surface area (Å²) >= 11 is 0. The van der Waals surface area contributed by atoms with Crippen LogP contribution in [0.25, 0.3) is 44.9 Å². The summed E-state index contributed by atoms with van der Waals surface area (Å²) in [5.74, 6) is 0. The Morgan fingerprint density at radius 3 is 1.91 bits per heavy atom. The van der Waals surface area contributed by atoms with Gasteiger partial charge in [0.15, 0.2) is 0 Å². The summed E-state index contributed by atoms with van der Waals surface area (Å²) < 4.78 is 3.68. The Labute approximate surface area is 190 Å². The average Bonchev–Trinajstić information content (AvgIpc) is 3.49. The van der Waals surface area contributed by atoms with Crippen molar-refractivity contribution < 1.29 is 0 Å². The van der Waals surface area contributed by atoms with Crippen LogP contribution in [0.3, 0.4) is 0 Å². The highest BCUT2D eigenvalue weighted by atomic mass is 15.4. The highest BCUT2D eigenvalue weighted by Gasteiger charge is 2.21. The van der Waals surface area contributed by atoms with Crippen molar-refractivity contribution in [1.29, 1.82) is 0 Å². The highest BCUT2D eigenvalue weighted by Crippen LogP contribution is 2.33. The number of para-hydroxylation sites is 2. The minimum atomic E-state index is 0.659. The Morgan fingerprint density at radius 1 is 0.606 bits per heavy atom. The molecule has 0 aliphatic carbocycles. The van der Waals surface area contributed by atoms with E-state index in [0.29, 0.717) is 11.4 Å². The number of hydrogen-bond donors (Lipinski definition) is 0. The van der Waals surface area contributed by atoms with Crippen LogP contribution in [0.1, 0.15) is 5.69 Å². The van der Waals surface area contributed by atoms with Gasteiger partial charge in [-0.2, -0.15) is 5.10 Å². The molecule has 0 atom stereocenters. The molecule has 0 aliphatic heterocycles. The maximum Gasteiger partial charge on any atom is 0.137 e. The van der Waals surface area contributed by atoms with Gasteiger partial charge >= 0.3 is 0 Å². The Morgan fingerprint density at radius 2 is 1.21 bits per heavy atom. The van der Waals surface area contributed by atoms with Gasteiger partial charge in [-0.15, -0.1) is 15.3 Å². The highest BCUT2D eigenvalue weighted by molar-refractivity contribution is 5.98. The van der Waals surface area contributed by atoms with Gasteiger partial charge < -0.3 is 0 Å². The molecule has 0 saturated carbocycles. The van der Waals surface area contributed by atoms with E-state index in [2.05, 4.69) is 20.5 Å². The topological polar surface area (TPSA) is 74.3 Å². The zero-order valence-electron chi connectivity index (χ0n) is 17.9. The molecule has 158 valence electrons. The summed E-state index contributed by atoms with van der Waals surface area (Å²) in [5, 5.41) is 23.8. The van der Waals surface area contributed by atoms with Crippen LogP contribution in [0.15, 0.2) is 97.2 Å². The fraction of sp³-hybridized carbons (Fsp3) is 0.0385. The average molecular weight is 429 g/mol. The van der Waals surface area contributed by atoms with Crippen LogP contribution >= 0.6 is 0 Å². The minimum Gasteiger partial charge on any atom is -0.240 e. The van der Waals surface area contributed by atoms with E-state index in [1.807, 2.05) is 113 Å². The van der Waals surface area contributed by atoms with Gasteiger partial charge in [-0.3, -0.25) is 0 Å². The predicted molar refractivity (Wildman–Crippen MR) is 127 cm³/mol. The number of aromatic nitrogens is 7. The van der Waals surface area contributed by atoms with Crippen molar-refractivity contribution in [2.45, 2.75) is 6.92 Å². The lowest BCUT2D eigenvalue weighted by Gasteiger charge is -2.05. The molecule has 3 heterocycles. The van der Waals surface area contributed by atoms with Gasteiger partial charge in [0.05, 0.1) is 22.5 Å². The summed E-state index contributed by atoms with van der Waals surface area (Å²) in [4.78, 5) is 0. The van der Waals surface area contributed by atoms with Crippen molar-refractivity contribution in [2.24, 2.45) is 0 Å². The molecule has 0 amide bonds. The van der Waals surface area contributed by atoms with Crippen LogP contribution in [0.4, 0.5) is 0 Å². The van der Waals surface area contributed by atoms with Crippen molar-refractivity contribution in [3.05, 3.63) is 103 Å². The molecule has 7 nitrogen and oxygen atoms in total. The lowest BCUT2D eigenvalue weighted by molar-refractivity contribution is 0.785. The SMILES string of the molecule is Cc1c(-c2nnc(-c3ccccc3)c3nn(-c4ccccc4)cc23)nnn1-c1ccccc1. The molecular formula is C26H19N7. The zero-order chi connectivity index (χ0) is 22.2. The first-order valence-electron chi connectivity index (χ1n) is 10.6. The normalized spacial score (nSPS) is 11.2. The summed E-state index contributed by atoms with van der Waals surface area (Å²) in [5.41, 5.74) is 6.60. The fourth-order valence-corrected chi connectivity index (χ4v) is 3.96. The van der Waals surface area contributed by atoms with Crippen LogP contribution in [-0.4, -0.2) is 35.0 Å². The Hall–Kier alpha value is -4.65. The number of hydrogen-bond acceptors (Lipinski definition) is 5. The van der Waals surface area contributed by atoms with Gasteiger partial charge in [-0.1, -0.05) is 71.9 Å². The van der Waals surface area contributed by atoms with Gasteiger partial charge in [0.25, 0.3) is 0 Å². The molecule has 33 heavy (non-hydrogen) atoms. The maximum atomic E-state index is 4.90. The van der Waals surface area contributed by atoms with E-state index in [9.17, 15) is 0 Å². The van der Waals surface area contributed by atoms with Crippen LogP contribution in [0, 0.1) is 6.92 Å². The number of rotatable bonds is 4. The Kier molecular flexibility index (Phi) is 4.51. The molecule has 7 heteroatoms. The van der Waals surface area contributed by atoms with Gasteiger partial charge in [-0.25, -0.2) is 9.36 Å². The van der Waals surface area contributed by atoms with Gasteiger partial charge in [0.2, 0.25) is 0 Å². The zero-order valence-corrected chi connectivity index (χ0v) is 17.9. The van der Waals surface area contributed by atoms with E-state index in [1.54, 1.807) is 0 Å². The summed E-state index contributed by atoms with van der Waals surface area (Å²) in [6, 6.07) is 29.9. The van der Waals surface area contributed by atoms with E-state index in [1.165, 1.54) is 0 Å². The molecule has 0 bridgehead atoms. The van der Waals surface area contributed by atoms with E-state index in [-0.39, 0.29) is 0 Å². The lowest BCUT2D eigenvalue weighted by Crippen LogP contribution is -1.99. The number of fused-ring (bicyclic) bond motifs is 1. The standard InChI is InChI=1S/C26H19N7/c1-18-23(29-31-33(18)21-15-9-4-10-16-21)25-22-17-32(20-13-7-3-8-14-20)30-26(22)24(27-28-25)19-11-5-2-6-12-19/h2-17H,1H3. The summed E-state index contributed by atoms with van der Waals surface area (Å²) in [7, 11) is 0.